The van der Waals surface area contributed by atoms with Gasteiger partial charge in [-0.05, 0) is 36.3 Å². The Balaban J connectivity index is 1.91. The van der Waals surface area contributed by atoms with Crippen molar-refractivity contribution in [2.24, 2.45) is 11.8 Å². The summed E-state index contributed by atoms with van der Waals surface area (Å²) in [6.07, 6.45) is 10.7. The van der Waals surface area contributed by atoms with Crippen molar-refractivity contribution in [2.75, 3.05) is 0 Å². The number of benzene rings is 1. The van der Waals surface area contributed by atoms with E-state index in [0.29, 0.717) is 6.04 Å². The Morgan fingerprint density at radius 2 is 2.05 bits per heavy atom. The molecule has 0 heterocycles. The first-order valence-electron chi connectivity index (χ1n) is 7.88. The lowest BCUT2D eigenvalue weighted by molar-refractivity contribution is 0.315. The average molecular weight is 260 g/mol. The molecule has 3 N–H and O–H groups in total. The monoisotopic (exact) mass is 260 g/mol. The van der Waals surface area contributed by atoms with E-state index in [9.17, 15) is 0 Å². The standard InChI is InChI=1S/C17H28N2/c1-2-14-9-6-10-16(13-14)17(19-18)12-11-15-7-4-3-5-8-15/h6,9-10,13,15,17,19H,2-5,7-8,11-12,18H2,1H3. The molecule has 106 valence electrons. The summed E-state index contributed by atoms with van der Waals surface area (Å²) in [5, 5.41) is 0. The maximum Gasteiger partial charge on any atom is 0.0460 e. The summed E-state index contributed by atoms with van der Waals surface area (Å²) in [4.78, 5) is 0. The van der Waals surface area contributed by atoms with Gasteiger partial charge in [-0.25, -0.2) is 0 Å². The van der Waals surface area contributed by atoms with E-state index in [1.165, 1.54) is 49.7 Å². The van der Waals surface area contributed by atoms with E-state index >= 15 is 0 Å². The molecule has 1 fully saturated rings. The van der Waals surface area contributed by atoms with E-state index in [2.05, 4.69) is 36.6 Å². The highest BCUT2D eigenvalue weighted by Crippen LogP contribution is 2.30. The molecule has 2 heteroatoms. The predicted molar refractivity (Wildman–Crippen MR) is 81.7 cm³/mol. The van der Waals surface area contributed by atoms with Gasteiger partial charge in [-0.1, -0.05) is 63.3 Å². The highest BCUT2D eigenvalue weighted by Gasteiger charge is 2.16. The molecule has 0 bridgehead atoms. The number of hydrogen-bond acceptors (Lipinski definition) is 2. The van der Waals surface area contributed by atoms with Crippen LogP contribution in [0.3, 0.4) is 0 Å². The SMILES string of the molecule is CCc1cccc(C(CCC2CCCCC2)NN)c1. The molecule has 1 unspecified atom stereocenters. The Kier molecular flexibility index (Phi) is 5.87. The quantitative estimate of drug-likeness (QED) is 0.596. The van der Waals surface area contributed by atoms with Crippen LogP contribution in [0.25, 0.3) is 0 Å². The van der Waals surface area contributed by atoms with E-state index in [4.69, 9.17) is 5.84 Å². The van der Waals surface area contributed by atoms with Crippen LogP contribution in [0.2, 0.25) is 0 Å². The molecule has 1 aliphatic carbocycles. The minimum atomic E-state index is 0.313. The normalized spacial score (nSPS) is 18.4. The number of hydrogen-bond donors (Lipinski definition) is 2. The van der Waals surface area contributed by atoms with Crippen LogP contribution in [0.15, 0.2) is 24.3 Å². The smallest absolute Gasteiger partial charge is 0.0460 e. The zero-order valence-corrected chi connectivity index (χ0v) is 12.2. The fourth-order valence-corrected chi connectivity index (χ4v) is 3.25. The molecule has 0 spiro atoms. The number of nitrogens with one attached hydrogen (secondary N) is 1. The van der Waals surface area contributed by atoms with Crippen molar-refractivity contribution in [3.05, 3.63) is 35.4 Å². The van der Waals surface area contributed by atoms with Gasteiger partial charge in [0.2, 0.25) is 0 Å². The summed E-state index contributed by atoms with van der Waals surface area (Å²) in [5.74, 6) is 6.69. The Hall–Kier alpha value is -0.860. The highest BCUT2D eigenvalue weighted by molar-refractivity contribution is 5.26. The second-order valence-electron chi connectivity index (χ2n) is 5.90. The van der Waals surface area contributed by atoms with Crippen LogP contribution in [0.4, 0.5) is 0 Å². The molecular weight excluding hydrogens is 232 g/mol. The first-order valence-corrected chi connectivity index (χ1v) is 7.88. The van der Waals surface area contributed by atoms with Crippen molar-refractivity contribution in [3.63, 3.8) is 0 Å². The van der Waals surface area contributed by atoms with Gasteiger partial charge in [0, 0.05) is 6.04 Å². The largest absolute Gasteiger partial charge is 0.271 e. The average Bonchev–Trinajstić information content (AvgIpc) is 2.49. The van der Waals surface area contributed by atoms with Gasteiger partial charge in [0.15, 0.2) is 0 Å². The van der Waals surface area contributed by atoms with Gasteiger partial charge in [-0.3, -0.25) is 11.3 Å². The molecule has 0 saturated heterocycles. The zero-order chi connectivity index (χ0) is 13.5. The Labute approximate surface area is 117 Å². The van der Waals surface area contributed by atoms with Gasteiger partial charge in [0.05, 0.1) is 0 Å². The van der Waals surface area contributed by atoms with Gasteiger partial charge in [-0.2, -0.15) is 0 Å². The van der Waals surface area contributed by atoms with Crippen LogP contribution in [-0.2, 0) is 6.42 Å². The fraction of sp³-hybridized carbons (Fsp3) is 0.647. The van der Waals surface area contributed by atoms with E-state index in [0.717, 1.165) is 18.8 Å². The number of rotatable bonds is 6. The Bertz CT molecular complexity index is 369. The molecule has 2 nitrogen and oxygen atoms in total. The van der Waals surface area contributed by atoms with E-state index < -0.39 is 0 Å². The summed E-state index contributed by atoms with van der Waals surface area (Å²) in [7, 11) is 0. The molecule has 1 atom stereocenters. The van der Waals surface area contributed by atoms with Crippen molar-refractivity contribution in [2.45, 2.75) is 64.3 Å². The van der Waals surface area contributed by atoms with Crippen LogP contribution in [0, 0.1) is 5.92 Å². The molecule has 0 aromatic heterocycles. The van der Waals surface area contributed by atoms with Gasteiger partial charge in [0.1, 0.15) is 0 Å². The van der Waals surface area contributed by atoms with Crippen molar-refractivity contribution >= 4 is 0 Å². The molecule has 1 aromatic rings. The minimum Gasteiger partial charge on any atom is -0.271 e. The predicted octanol–water partition coefficient (Wildman–Crippen LogP) is 4.11. The maximum absolute atomic E-state index is 5.76. The molecule has 0 aliphatic heterocycles. The van der Waals surface area contributed by atoms with E-state index in [-0.39, 0.29) is 0 Å². The van der Waals surface area contributed by atoms with Crippen LogP contribution in [-0.4, -0.2) is 0 Å². The summed E-state index contributed by atoms with van der Waals surface area (Å²) >= 11 is 0. The third-order valence-corrected chi connectivity index (χ3v) is 4.55. The molecule has 1 saturated carbocycles. The molecule has 19 heavy (non-hydrogen) atoms. The topological polar surface area (TPSA) is 38.0 Å². The molecule has 1 aromatic carbocycles. The summed E-state index contributed by atoms with van der Waals surface area (Å²) < 4.78 is 0. The highest BCUT2D eigenvalue weighted by atomic mass is 15.2. The van der Waals surface area contributed by atoms with Crippen LogP contribution in [0.5, 0.6) is 0 Å². The molecule has 0 amide bonds. The Morgan fingerprint density at radius 1 is 1.26 bits per heavy atom. The van der Waals surface area contributed by atoms with Crippen molar-refractivity contribution in [1.82, 2.24) is 5.43 Å². The summed E-state index contributed by atoms with van der Waals surface area (Å²) in [6.45, 7) is 2.20. The maximum atomic E-state index is 5.76. The third-order valence-electron chi connectivity index (χ3n) is 4.55. The van der Waals surface area contributed by atoms with E-state index in [1.54, 1.807) is 0 Å². The molecule has 0 radical (unpaired) electrons. The second-order valence-corrected chi connectivity index (χ2v) is 5.90. The fourth-order valence-electron chi connectivity index (χ4n) is 3.25. The lowest BCUT2D eigenvalue weighted by Crippen LogP contribution is -2.28. The molecule has 1 aliphatic rings. The van der Waals surface area contributed by atoms with Crippen LogP contribution in [0.1, 0.15) is 69.0 Å². The lowest BCUT2D eigenvalue weighted by Gasteiger charge is -2.24. The molecule has 2 rings (SSSR count). The number of aryl methyl sites for hydroxylation is 1. The van der Waals surface area contributed by atoms with Gasteiger partial charge in [-0.15, -0.1) is 0 Å². The second kappa shape index (κ2) is 7.66. The van der Waals surface area contributed by atoms with E-state index in [1.807, 2.05) is 0 Å². The van der Waals surface area contributed by atoms with Crippen molar-refractivity contribution < 1.29 is 0 Å². The summed E-state index contributed by atoms with van der Waals surface area (Å²) in [5.41, 5.74) is 5.75. The minimum absolute atomic E-state index is 0.313. The van der Waals surface area contributed by atoms with Crippen molar-refractivity contribution in [3.8, 4) is 0 Å². The number of nitrogens with two attached hydrogens (primary N) is 1. The van der Waals surface area contributed by atoms with Gasteiger partial charge < -0.3 is 0 Å². The first kappa shape index (κ1) is 14.5. The lowest BCUT2D eigenvalue weighted by atomic mass is 9.84. The van der Waals surface area contributed by atoms with Crippen LogP contribution < -0.4 is 11.3 Å². The van der Waals surface area contributed by atoms with Crippen molar-refractivity contribution in [1.29, 1.82) is 0 Å². The third kappa shape index (κ3) is 4.32. The van der Waals surface area contributed by atoms with Gasteiger partial charge >= 0.3 is 0 Å². The first-order chi connectivity index (χ1) is 9.33. The number of hydrazine groups is 1. The Morgan fingerprint density at radius 3 is 2.74 bits per heavy atom. The zero-order valence-electron chi connectivity index (χ0n) is 12.2. The molecular formula is C17H28N2. The summed E-state index contributed by atoms with van der Waals surface area (Å²) in [6, 6.07) is 9.15. The van der Waals surface area contributed by atoms with Crippen LogP contribution >= 0.6 is 0 Å². The van der Waals surface area contributed by atoms with Gasteiger partial charge in [0.25, 0.3) is 0 Å².